The van der Waals surface area contributed by atoms with Gasteiger partial charge < -0.3 is 34.4 Å². The molecule has 1 amide bonds. The van der Waals surface area contributed by atoms with E-state index in [0.717, 1.165) is 5.03 Å². The van der Waals surface area contributed by atoms with Crippen molar-refractivity contribution in [2.75, 3.05) is 17.7 Å². The first-order chi connectivity index (χ1) is 25.1. The molecule has 5 atom stereocenters. The quantitative estimate of drug-likeness (QED) is 0.0285. The van der Waals surface area contributed by atoms with E-state index < -0.39 is 53.4 Å². The molecule has 5 rings (SSSR count). The number of fused-ring (bicyclic) bond motifs is 1. The third kappa shape index (κ3) is 12.2. The number of carbonyl (C=O) groups excluding carboxylic acids is 1. The van der Waals surface area contributed by atoms with Crippen LogP contribution in [0.25, 0.3) is 11.2 Å². The smallest absolute Gasteiger partial charge is 0.370 e. The maximum absolute atomic E-state index is 12.7. The lowest BCUT2D eigenvalue weighted by Crippen LogP contribution is -2.29. The van der Waals surface area contributed by atoms with Crippen LogP contribution in [0.1, 0.15) is 31.1 Å². The maximum atomic E-state index is 12.7. The summed E-state index contributed by atoms with van der Waals surface area (Å²) in [4.78, 5) is 77.7. The first-order valence-corrected chi connectivity index (χ1v) is 21.9. The Morgan fingerprint density at radius 1 is 1.04 bits per heavy atom. The number of amides is 1. The minimum absolute atomic E-state index is 0.0175. The summed E-state index contributed by atoms with van der Waals surface area (Å²) in [5, 5.41) is 15.1. The van der Waals surface area contributed by atoms with Gasteiger partial charge in [-0.3, -0.25) is 24.0 Å². The van der Waals surface area contributed by atoms with E-state index in [1.807, 2.05) is 18.2 Å². The Kier molecular flexibility index (Phi) is 13.9. The highest BCUT2D eigenvalue weighted by Gasteiger charge is 2.44. The standard InChI is InChI=1S/C26H30N7O15P3S2/c34-21(8-5-11-52-53-22-9-3-4-10-27-22)31-25-24-26(29-15-28-25)32(16-30-24)23-12-19(44-13-17-6-1-2-7-18(17)33(35)36)20(46-23)14-45-50(40,41)48-51(42,43)47-49(37,38)39/h1-4,6-7,9-10,15-16,19-20,23H,5,8,11-14H2,(H,40,41)(H,42,43)(H2,37,38,39)(H,28,29,31,34)/t19-,20-,23-/m1/s1. The zero-order chi connectivity index (χ0) is 38.2. The SMILES string of the molecule is O=C(CCCSSc1ccccn1)Nc1ncnc2c1ncn2[C@H]1C[C@@H](OCc2ccccc2[N+](=O)[O-])[C@@H](COP(=O)(O)OP(=O)(O)OP(=O)(O)O)O1. The van der Waals surface area contributed by atoms with E-state index in [1.165, 1.54) is 46.2 Å². The van der Waals surface area contributed by atoms with Gasteiger partial charge in [0.15, 0.2) is 17.0 Å². The number of ether oxygens (including phenoxy) is 2. The van der Waals surface area contributed by atoms with E-state index in [2.05, 4.69) is 33.9 Å². The summed E-state index contributed by atoms with van der Waals surface area (Å²) >= 11 is 0. The Balaban J connectivity index is 1.26. The van der Waals surface area contributed by atoms with Crippen molar-refractivity contribution < 1.29 is 65.6 Å². The van der Waals surface area contributed by atoms with Crippen molar-refractivity contribution >= 4 is 73.6 Å². The van der Waals surface area contributed by atoms with Gasteiger partial charge in [0.05, 0.1) is 36.1 Å². The van der Waals surface area contributed by atoms with Crippen molar-refractivity contribution in [2.45, 2.75) is 49.3 Å². The van der Waals surface area contributed by atoms with Crippen LogP contribution in [0.3, 0.4) is 0 Å². The lowest BCUT2D eigenvalue weighted by atomic mass is 10.1. The lowest BCUT2D eigenvalue weighted by Gasteiger charge is -2.21. The molecule has 1 fully saturated rings. The van der Waals surface area contributed by atoms with Gasteiger partial charge in [0.25, 0.3) is 5.69 Å². The van der Waals surface area contributed by atoms with Gasteiger partial charge in [0, 0.05) is 30.9 Å². The van der Waals surface area contributed by atoms with E-state index in [0.29, 0.717) is 12.2 Å². The first-order valence-electron chi connectivity index (χ1n) is 15.0. The summed E-state index contributed by atoms with van der Waals surface area (Å²) in [5.74, 6) is 0.502. The van der Waals surface area contributed by atoms with E-state index in [4.69, 9.17) is 23.8 Å². The van der Waals surface area contributed by atoms with Crippen LogP contribution < -0.4 is 5.32 Å². The second kappa shape index (κ2) is 18.0. The molecule has 4 aromatic rings. The first kappa shape index (κ1) is 41.0. The van der Waals surface area contributed by atoms with Crippen LogP contribution in [-0.4, -0.2) is 79.5 Å². The maximum Gasteiger partial charge on any atom is 0.490 e. The van der Waals surface area contributed by atoms with Crippen LogP contribution in [0, 0.1) is 10.1 Å². The number of imidazole rings is 1. The number of nitrogens with zero attached hydrogens (tertiary/aromatic N) is 6. The molecule has 22 nitrogen and oxygen atoms in total. The molecule has 286 valence electrons. The normalized spacial score (nSPS) is 19.8. The Morgan fingerprint density at radius 2 is 1.81 bits per heavy atom. The van der Waals surface area contributed by atoms with Gasteiger partial charge in [-0.25, -0.2) is 33.6 Å². The summed E-state index contributed by atoms with van der Waals surface area (Å²) in [7, 11) is -13.9. The molecule has 1 aromatic carbocycles. The summed E-state index contributed by atoms with van der Waals surface area (Å²) in [5.41, 5.74) is 0.383. The van der Waals surface area contributed by atoms with E-state index in [1.54, 1.807) is 23.1 Å². The number of nitro benzene ring substituents is 1. The zero-order valence-electron chi connectivity index (χ0n) is 26.9. The van der Waals surface area contributed by atoms with Gasteiger partial charge in [0.1, 0.15) is 23.7 Å². The predicted octanol–water partition coefficient (Wildman–Crippen LogP) is 4.50. The molecule has 5 N–H and O–H groups in total. The number of para-hydroxylation sites is 1. The van der Waals surface area contributed by atoms with Gasteiger partial charge in [0.2, 0.25) is 5.91 Å². The number of anilines is 1. The Bertz CT molecular complexity index is 2060. The monoisotopic (exact) mass is 837 g/mol. The molecule has 1 aliphatic rings. The molecule has 2 unspecified atom stereocenters. The molecule has 0 spiro atoms. The van der Waals surface area contributed by atoms with Gasteiger partial charge in [-0.1, -0.05) is 29.0 Å². The van der Waals surface area contributed by atoms with Crippen LogP contribution >= 0.6 is 45.1 Å². The van der Waals surface area contributed by atoms with Crippen molar-refractivity contribution in [1.29, 1.82) is 0 Å². The van der Waals surface area contributed by atoms with Crippen molar-refractivity contribution in [3.05, 3.63) is 77.0 Å². The highest BCUT2D eigenvalue weighted by Crippen LogP contribution is 2.66. The molecule has 1 aliphatic heterocycles. The van der Waals surface area contributed by atoms with Crippen molar-refractivity contribution in [1.82, 2.24) is 24.5 Å². The fourth-order valence-electron chi connectivity index (χ4n) is 4.81. The number of benzene rings is 1. The Hall–Kier alpha value is -3.18. The number of nitro groups is 1. The minimum atomic E-state index is -5.79. The highest BCUT2D eigenvalue weighted by atomic mass is 33.1. The third-order valence-electron chi connectivity index (χ3n) is 6.98. The average molecular weight is 838 g/mol. The summed E-state index contributed by atoms with van der Waals surface area (Å²) in [6.07, 6.45) is 1.76. The average Bonchev–Trinajstić information content (AvgIpc) is 3.70. The summed E-state index contributed by atoms with van der Waals surface area (Å²) in [6, 6.07) is 11.4. The zero-order valence-corrected chi connectivity index (χ0v) is 31.2. The summed E-state index contributed by atoms with van der Waals surface area (Å²) in [6.45, 7) is -1.17. The van der Waals surface area contributed by atoms with Crippen molar-refractivity contribution in [2.24, 2.45) is 0 Å². The lowest BCUT2D eigenvalue weighted by molar-refractivity contribution is -0.386. The molecule has 0 bridgehead atoms. The molecule has 0 saturated carbocycles. The molecule has 0 radical (unpaired) electrons. The number of aromatic nitrogens is 5. The second-order valence-electron chi connectivity index (χ2n) is 10.8. The highest BCUT2D eigenvalue weighted by molar-refractivity contribution is 8.76. The fourth-order valence-corrected chi connectivity index (χ4v) is 9.81. The number of hydrogen-bond donors (Lipinski definition) is 5. The predicted molar refractivity (Wildman–Crippen MR) is 186 cm³/mol. The number of carbonyl (C=O) groups is 1. The van der Waals surface area contributed by atoms with Crippen LogP contribution in [0.5, 0.6) is 0 Å². The van der Waals surface area contributed by atoms with Gasteiger partial charge in [-0.2, -0.15) is 8.62 Å². The number of phosphoric acid groups is 3. The number of pyridine rings is 1. The number of nitrogens with one attached hydrogen (secondary N) is 1. The molecule has 27 heteroatoms. The topological polar surface area (TPSA) is 307 Å². The van der Waals surface area contributed by atoms with E-state index in [9.17, 15) is 38.4 Å². The molecule has 4 heterocycles. The third-order valence-corrected chi connectivity index (χ3v) is 13.1. The van der Waals surface area contributed by atoms with E-state index >= 15 is 0 Å². The largest absolute Gasteiger partial charge is 0.490 e. The molecule has 1 saturated heterocycles. The van der Waals surface area contributed by atoms with Crippen LogP contribution in [0.15, 0.2) is 66.3 Å². The molecule has 53 heavy (non-hydrogen) atoms. The van der Waals surface area contributed by atoms with Crippen molar-refractivity contribution in [3.63, 3.8) is 0 Å². The van der Waals surface area contributed by atoms with Crippen molar-refractivity contribution in [3.8, 4) is 0 Å². The number of hydrogen-bond acceptors (Lipinski definition) is 17. The molecular weight excluding hydrogens is 807 g/mol. The second-order valence-corrected chi connectivity index (χ2v) is 17.6. The van der Waals surface area contributed by atoms with Gasteiger partial charge in [-0.15, -0.1) is 0 Å². The fraction of sp³-hybridized carbons (Fsp3) is 0.346. The molecule has 3 aromatic heterocycles. The van der Waals surface area contributed by atoms with E-state index in [-0.39, 0.29) is 53.6 Å². The Labute approximate surface area is 307 Å². The van der Waals surface area contributed by atoms with Crippen LogP contribution in [0.2, 0.25) is 0 Å². The van der Waals surface area contributed by atoms with Crippen LogP contribution in [-0.2, 0) is 47.7 Å². The molecular formula is C26H30N7O15P3S2. The Morgan fingerprint density at radius 3 is 2.55 bits per heavy atom. The van der Waals surface area contributed by atoms with Crippen LogP contribution in [0.4, 0.5) is 11.5 Å². The number of rotatable bonds is 19. The molecule has 0 aliphatic carbocycles. The minimum Gasteiger partial charge on any atom is -0.370 e. The van der Waals surface area contributed by atoms with Gasteiger partial charge >= 0.3 is 23.5 Å². The van der Waals surface area contributed by atoms with Gasteiger partial charge in [-0.05, 0) is 35.4 Å². The number of phosphoric ester groups is 1. The summed E-state index contributed by atoms with van der Waals surface area (Å²) < 4.78 is 61.0.